The van der Waals surface area contributed by atoms with E-state index in [1.54, 1.807) is 24.0 Å². The normalized spacial score (nSPS) is 22.8. The summed E-state index contributed by atoms with van der Waals surface area (Å²) < 4.78 is 20.9. The maximum Gasteiger partial charge on any atom is 0.325 e. The van der Waals surface area contributed by atoms with Crippen LogP contribution in [0.1, 0.15) is 35.8 Å². The van der Waals surface area contributed by atoms with Crippen molar-refractivity contribution < 1.29 is 18.8 Å². The number of carbonyl (C=O) groups excluding carboxylic acids is 3. The van der Waals surface area contributed by atoms with Gasteiger partial charge in [-0.25, -0.2) is 9.18 Å². The molecule has 1 aromatic heterocycles. The molecule has 2 aliphatic rings. The van der Waals surface area contributed by atoms with E-state index >= 15 is 0 Å². The quantitative estimate of drug-likeness (QED) is 0.768. The summed E-state index contributed by atoms with van der Waals surface area (Å²) in [5.41, 5.74) is -0.0131. The first kappa shape index (κ1) is 19.4. The zero-order valence-electron chi connectivity index (χ0n) is 15.8. The summed E-state index contributed by atoms with van der Waals surface area (Å²) in [7, 11) is 0. The van der Waals surface area contributed by atoms with Crippen LogP contribution >= 0.6 is 11.7 Å². The molecule has 2 aliphatic heterocycles. The van der Waals surface area contributed by atoms with E-state index in [4.69, 9.17) is 0 Å². The van der Waals surface area contributed by atoms with E-state index in [1.807, 2.05) is 0 Å². The molecule has 1 atom stereocenters. The standard InChI is InChI=1S/C19H20FN5O3S/c1-19(13-6-8-24(9-7-13)16(26)15-10-21-29-23-15)17(27)25(18(28)22-19)11-12-2-4-14(20)5-3-12/h2-5,10,13H,6-9,11H2,1H3,(H,22,28). The summed E-state index contributed by atoms with van der Waals surface area (Å²) in [5.74, 6) is -0.914. The van der Waals surface area contributed by atoms with Gasteiger partial charge in [0.25, 0.3) is 11.8 Å². The van der Waals surface area contributed by atoms with Crippen molar-refractivity contribution in [3.8, 4) is 0 Å². The Kier molecular flexibility index (Phi) is 5.03. The SMILES string of the molecule is CC1(C2CCN(C(=O)c3cnsn3)CC2)NC(=O)N(Cc2ccc(F)cc2)C1=O. The smallest absolute Gasteiger partial charge is 0.325 e. The van der Waals surface area contributed by atoms with Crippen molar-refractivity contribution in [1.82, 2.24) is 23.9 Å². The monoisotopic (exact) mass is 417 g/mol. The molecule has 1 N–H and O–H groups in total. The molecule has 29 heavy (non-hydrogen) atoms. The topological polar surface area (TPSA) is 95.5 Å². The van der Waals surface area contributed by atoms with Crippen LogP contribution in [0.3, 0.4) is 0 Å². The highest BCUT2D eigenvalue weighted by Gasteiger charge is 2.52. The number of hydrogen-bond donors (Lipinski definition) is 1. The number of benzene rings is 1. The van der Waals surface area contributed by atoms with Gasteiger partial charge in [0.1, 0.15) is 11.4 Å². The Hall–Kier alpha value is -2.88. The molecule has 0 bridgehead atoms. The van der Waals surface area contributed by atoms with Crippen LogP contribution in [-0.2, 0) is 11.3 Å². The second kappa shape index (κ2) is 7.51. The summed E-state index contributed by atoms with van der Waals surface area (Å²) in [6.07, 6.45) is 2.64. The zero-order valence-corrected chi connectivity index (χ0v) is 16.6. The van der Waals surface area contributed by atoms with Crippen molar-refractivity contribution in [1.29, 1.82) is 0 Å². The minimum absolute atomic E-state index is 0.0882. The molecule has 4 amide bonds. The Labute approximate surface area is 171 Å². The molecule has 2 fully saturated rings. The van der Waals surface area contributed by atoms with Gasteiger partial charge >= 0.3 is 6.03 Å². The number of likely N-dealkylation sites (tertiary alicyclic amines) is 1. The Bertz CT molecular complexity index is 928. The van der Waals surface area contributed by atoms with Crippen LogP contribution in [0.15, 0.2) is 30.5 Å². The van der Waals surface area contributed by atoms with E-state index < -0.39 is 11.6 Å². The average Bonchev–Trinajstić information content (AvgIpc) is 3.33. The minimum Gasteiger partial charge on any atom is -0.337 e. The van der Waals surface area contributed by atoms with Crippen LogP contribution in [0.25, 0.3) is 0 Å². The van der Waals surface area contributed by atoms with Crippen molar-refractivity contribution in [2.24, 2.45) is 5.92 Å². The molecule has 2 saturated heterocycles. The highest BCUT2D eigenvalue weighted by atomic mass is 32.1. The molecule has 2 aromatic rings. The number of halogens is 1. The molecule has 0 saturated carbocycles. The van der Waals surface area contributed by atoms with Crippen molar-refractivity contribution >= 4 is 29.6 Å². The maximum atomic E-state index is 13.1. The van der Waals surface area contributed by atoms with E-state index in [0.717, 1.165) is 11.7 Å². The fraction of sp³-hybridized carbons (Fsp3) is 0.421. The third-order valence-electron chi connectivity index (χ3n) is 5.73. The fourth-order valence-electron chi connectivity index (χ4n) is 3.99. The van der Waals surface area contributed by atoms with E-state index in [-0.39, 0.29) is 30.1 Å². The van der Waals surface area contributed by atoms with E-state index in [1.165, 1.54) is 23.2 Å². The number of rotatable bonds is 4. The summed E-state index contributed by atoms with van der Waals surface area (Å²) in [5, 5.41) is 2.84. The Morgan fingerprint density at radius 3 is 2.59 bits per heavy atom. The molecule has 1 aromatic carbocycles. The molecule has 152 valence electrons. The van der Waals surface area contributed by atoms with Crippen LogP contribution in [-0.4, -0.2) is 55.0 Å². The van der Waals surface area contributed by atoms with Crippen LogP contribution in [0.2, 0.25) is 0 Å². The predicted octanol–water partition coefficient (Wildman–Crippen LogP) is 2.04. The average molecular weight is 417 g/mol. The lowest BCUT2D eigenvalue weighted by atomic mass is 9.79. The minimum atomic E-state index is -1.02. The van der Waals surface area contributed by atoms with Gasteiger partial charge in [-0.3, -0.25) is 14.5 Å². The van der Waals surface area contributed by atoms with Crippen LogP contribution < -0.4 is 5.32 Å². The summed E-state index contributed by atoms with van der Waals surface area (Å²) in [6, 6.07) is 5.27. The number of urea groups is 1. The number of piperidine rings is 1. The van der Waals surface area contributed by atoms with Gasteiger partial charge in [-0.2, -0.15) is 8.75 Å². The molecule has 8 nitrogen and oxygen atoms in total. The molecule has 0 radical (unpaired) electrons. The third kappa shape index (κ3) is 3.59. The Morgan fingerprint density at radius 1 is 1.28 bits per heavy atom. The van der Waals surface area contributed by atoms with Crippen LogP contribution in [0.4, 0.5) is 9.18 Å². The van der Waals surface area contributed by atoms with Gasteiger partial charge in [-0.1, -0.05) is 12.1 Å². The number of hydrogen-bond acceptors (Lipinski definition) is 6. The van der Waals surface area contributed by atoms with Gasteiger partial charge in [0, 0.05) is 13.1 Å². The fourth-order valence-corrected chi connectivity index (χ4v) is 4.40. The zero-order chi connectivity index (χ0) is 20.6. The van der Waals surface area contributed by atoms with Gasteiger partial charge in [-0.05, 0) is 43.4 Å². The first-order chi connectivity index (χ1) is 13.9. The maximum absolute atomic E-state index is 13.1. The Morgan fingerprint density at radius 2 is 1.97 bits per heavy atom. The second-order valence-corrected chi connectivity index (χ2v) is 8.07. The molecule has 0 spiro atoms. The first-order valence-corrected chi connectivity index (χ1v) is 10.1. The molecular formula is C19H20FN5O3S. The molecule has 3 heterocycles. The van der Waals surface area contributed by atoms with Crippen molar-refractivity contribution in [2.75, 3.05) is 13.1 Å². The highest BCUT2D eigenvalue weighted by Crippen LogP contribution is 2.34. The van der Waals surface area contributed by atoms with E-state index in [9.17, 15) is 18.8 Å². The van der Waals surface area contributed by atoms with Crippen molar-refractivity contribution in [3.63, 3.8) is 0 Å². The third-order valence-corrected chi connectivity index (χ3v) is 6.21. The predicted molar refractivity (Wildman–Crippen MR) is 102 cm³/mol. The molecule has 4 rings (SSSR count). The molecule has 1 unspecified atom stereocenters. The molecular weight excluding hydrogens is 397 g/mol. The number of aromatic nitrogens is 2. The second-order valence-electron chi connectivity index (χ2n) is 7.51. The number of carbonyl (C=O) groups is 3. The van der Waals surface area contributed by atoms with Gasteiger partial charge < -0.3 is 10.2 Å². The van der Waals surface area contributed by atoms with Crippen molar-refractivity contribution in [2.45, 2.75) is 31.8 Å². The van der Waals surface area contributed by atoms with Crippen LogP contribution in [0, 0.1) is 11.7 Å². The molecule has 0 aliphatic carbocycles. The molecule has 10 heteroatoms. The summed E-state index contributed by atoms with van der Waals surface area (Å²) in [6.45, 7) is 2.80. The number of imide groups is 1. The largest absolute Gasteiger partial charge is 0.337 e. The lowest BCUT2D eigenvalue weighted by molar-refractivity contribution is -0.133. The number of nitrogens with one attached hydrogen (secondary N) is 1. The number of amides is 4. The lowest BCUT2D eigenvalue weighted by Crippen LogP contribution is -2.54. The van der Waals surface area contributed by atoms with Gasteiger partial charge in [0.2, 0.25) is 0 Å². The van der Waals surface area contributed by atoms with Gasteiger partial charge in [0.15, 0.2) is 5.69 Å². The highest BCUT2D eigenvalue weighted by molar-refractivity contribution is 6.99. The van der Waals surface area contributed by atoms with Crippen LogP contribution in [0.5, 0.6) is 0 Å². The first-order valence-electron chi connectivity index (χ1n) is 9.34. The lowest BCUT2D eigenvalue weighted by Gasteiger charge is -2.38. The summed E-state index contributed by atoms with van der Waals surface area (Å²) >= 11 is 0.988. The van der Waals surface area contributed by atoms with Gasteiger partial charge in [-0.15, -0.1) is 0 Å². The van der Waals surface area contributed by atoms with E-state index in [2.05, 4.69) is 14.1 Å². The van der Waals surface area contributed by atoms with Crippen molar-refractivity contribution in [3.05, 3.63) is 47.5 Å². The van der Waals surface area contributed by atoms with E-state index in [0.29, 0.717) is 37.2 Å². The number of nitrogens with zero attached hydrogens (tertiary/aromatic N) is 4. The summed E-state index contributed by atoms with van der Waals surface area (Å²) in [4.78, 5) is 40.9. The van der Waals surface area contributed by atoms with Gasteiger partial charge in [0.05, 0.1) is 24.5 Å². The Balaban J connectivity index is 1.42.